The summed E-state index contributed by atoms with van der Waals surface area (Å²) < 4.78 is 35.7. The van der Waals surface area contributed by atoms with E-state index in [0.717, 1.165) is 122 Å². The van der Waals surface area contributed by atoms with Crippen molar-refractivity contribution in [3.8, 4) is 44.5 Å². The molecule has 0 aliphatic rings. The molecule has 0 saturated carbocycles. The van der Waals surface area contributed by atoms with Crippen LogP contribution in [-0.4, -0.2) is 0 Å². The molecule has 0 bridgehead atoms. The van der Waals surface area contributed by atoms with Crippen molar-refractivity contribution in [3.63, 3.8) is 0 Å². The summed E-state index contributed by atoms with van der Waals surface area (Å²) in [5, 5.41) is 6.13. The van der Waals surface area contributed by atoms with Crippen LogP contribution in [0.15, 0.2) is 231 Å². The van der Waals surface area contributed by atoms with E-state index in [1.807, 2.05) is 97.1 Å². The minimum absolute atomic E-state index is 0.332. The van der Waals surface area contributed by atoms with E-state index in [9.17, 15) is 0 Å². The largest absolute Gasteiger partial charge is 0.306 e. The van der Waals surface area contributed by atoms with Crippen LogP contribution in [-0.2, 0) is 0 Å². The smallest absolute Gasteiger partial charge is 0.148 e. The van der Waals surface area contributed by atoms with Gasteiger partial charge in [-0.05, 0) is 142 Å². The van der Waals surface area contributed by atoms with E-state index in [-0.39, 0.29) is 11.6 Å². The molecule has 12 aromatic carbocycles. The average Bonchev–Trinajstić information content (AvgIpc) is 3.41. The second-order valence-corrected chi connectivity index (χ2v) is 19.0. The van der Waals surface area contributed by atoms with Gasteiger partial charge in [0.2, 0.25) is 0 Å². The molecule has 0 heterocycles. The molecule has 72 heavy (non-hydrogen) atoms. The maximum Gasteiger partial charge on any atom is 0.148 e. The van der Waals surface area contributed by atoms with Gasteiger partial charge in [0.15, 0.2) is 0 Å². The maximum absolute atomic E-state index is 17.9. The molecule has 0 aromatic heterocycles. The van der Waals surface area contributed by atoms with Crippen molar-refractivity contribution in [2.45, 2.75) is 27.7 Å². The minimum atomic E-state index is -0.332. The fourth-order valence-corrected chi connectivity index (χ4v) is 10.9. The molecule has 0 aliphatic heterocycles. The lowest BCUT2D eigenvalue weighted by molar-refractivity contribution is 0.629. The number of benzene rings is 12. The number of hydrogen-bond acceptors (Lipinski definition) is 2. The lowest BCUT2D eigenvalue weighted by Crippen LogP contribution is -2.16. The van der Waals surface area contributed by atoms with Crippen LogP contribution in [0.4, 0.5) is 42.9 Å². The molecule has 0 saturated heterocycles. The zero-order chi connectivity index (χ0) is 49.0. The SMILES string of the molecule is Cc1ccc(N(c2c(F)cc(-c3ccccc3)cc2-c2ccccc2)c2ccc3ccc4c(N(c5ccc(C)cc5C)c5c(F)cc(-c6ccccc6)cc5-c5ccccc5)ccc5ccc2c3c54)c(C)c1. The normalized spacial score (nSPS) is 11.5. The van der Waals surface area contributed by atoms with Gasteiger partial charge in [-0.25, -0.2) is 8.78 Å². The highest BCUT2D eigenvalue weighted by molar-refractivity contribution is 6.28. The van der Waals surface area contributed by atoms with Crippen LogP contribution in [0.1, 0.15) is 22.3 Å². The first kappa shape index (κ1) is 44.4. The minimum Gasteiger partial charge on any atom is -0.306 e. The highest BCUT2D eigenvalue weighted by Crippen LogP contribution is 2.52. The third-order valence-corrected chi connectivity index (χ3v) is 14.2. The Bertz CT molecular complexity index is 3720. The zero-order valence-corrected chi connectivity index (χ0v) is 40.6. The molecule has 12 rings (SSSR count). The molecule has 0 fully saturated rings. The molecule has 0 amide bonds. The summed E-state index contributed by atoms with van der Waals surface area (Å²) in [6.07, 6.45) is 0. The van der Waals surface area contributed by atoms with Crippen molar-refractivity contribution in [1.29, 1.82) is 0 Å². The summed E-state index contributed by atoms with van der Waals surface area (Å²) >= 11 is 0. The molecule has 2 nitrogen and oxygen atoms in total. The highest BCUT2D eigenvalue weighted by Gasteiger charge is 2.29. The molecular formula is C68H50F2N2. The van der Waals surface area contributed by atoms with Crippen LogP contribution in [0.5, 0.6) is 0 Å². The second-order valence-electron chi connectivity index (χ2n) is 19.0. The van der Waals surface area contributed by atoms with Gasteiger partial charge in [0, 0.05) is 33.3 Å². The molecule has 0 aliphatic carbocycles. The van der Waals surface area contributed by atoms with E-state index in [4.69, 9.17) is 0 Å². The average molecular weight is 933 g/mol. The van der Waals surface area contributed by atoms with Crippen molar-refractivity contribution < 1.29 is 8.78 Å². The molecule has 346 valence electrons. The van der Waals surface area contributed by atoms with Crippen molar-refractivity contribution in [2.24, 2.45) is 0 Å². The fraction of sp³-hybridized carbons (Fsp3) is 0.0588. The lowest BCUT2D eigenvalue weighted by atomic mass is 9.90. The number of rotatable bonds is 10. The standard InChI is InChI=1S/C68H50F2N2/c1-43-25-33-61(45(3)37-43)71(67-57(49-21-13-7-14-22-49)39-53(41-59(67)69)47-17-9-5-10-18-47)63-35-29-51-28-32-56-64(36-30-52-27-31-55(63)65(51)66(52)56)72(62-34-26-44(2)38-46(62)4)68-58(50-23-15-8-16-24-50)40-54(42-60(68)70)48-19-11-6-12-20-48/h5-42H,1-4H3. The topological polar surface area (TPSA) is 6.48 Å². The van der Waals surface area contributed by atoms with Crippen LogP contribution >= 0.6 is 0 Å². The quantitative estimate of drug-likeness (QED) is 0.126. The molecule has 0 atom stereocenters. The Labute approximate surface area is 419 Å². The van der Waals surface area contributed by atoms with Gasteiger partial charge >= 0.3 is 0 Å². The van der Waals surface area contributed by atoms with Crippen molar-refractivity contribution in [3.05, 3.63) is 264 Å². The fourth-order valence-electron chi connectivity index (χ4n) is 10.9. The van der Waals surface area contributed by atoms with Crippen molar-refractivity contribution in [1.82, 2.24) is 0 Å². The van der Waals surface area contributed by atoms with Crippen LogP contribution in [0.3, 0.4) is 0 Å². The van der Waals surface area contributed by atoms with Gasteiger partial charge in [0.05, 0.1) is 22.7 Å². The Morgan fingerprint density at radius 3 is 0.986 bits per heavy atom. The van der Waals surface area contributed by atoms with Gasteiger partial charge in [-0.3, -0.25) is 0 Å². The molecule has 0 N–H and O–H groups in total. The molecule has 4 heteroatoms. The van der Waals surface area contributed by atoms with Crippen LogP contribution in [0.25, 0.3) is 76.8 Å². The Hall–Kier alpha value is -8.86. The van der Waals surface area contributed by atoms with E-state index >= 15 is 8.78 Å². The lowest BCUT2D eigenvalue weighted by Gasteiger charge is -2.32. The zero-order valence-electron chi connectivity index (χ0n) is 40.6. The van der Waals surface area contributed by atoms with Crippen LogP contribution < -0.4 is 9.80 Å². The first-order valence-electron chi connectivity index (χ1n) is 24.5. The highest BCUT2D eigenvalue weighted by atomic mass is 19.1. The predicted molar refractivity (Wildman–Crippen MR) is 300 cm³/mol. The number of halogens is 2. The maximum atomic E-state index is 17.9. The Morgan fingerprint density at radius 1 is 0.292 bits per heavy atom. The summed E-state index contributed by atoms with van der Waals surface area (Å²) in [7, 11) is 0. The Morgan fingerprint density at radius 2 is 0.625 bits per heavy atom. The van der Waals surface area contributed by atoms with Crippen LogP contribution in [0.2, 0.25) is 0 Å². The summed E-state index contributed by atoms with van der Waals surface area (Å²) in [6.45, 7) is 8.39. The van der Waals surface area contributed by atoms with E-state index in [0.29, 0.717) is 11.4 Å². The monoisotopic (exact) mass is 932 g/mol. The van der Waals surface area contributed by atoms with Gasteiger partial charge in [-0.15, -0.1) is 0 Å². The molecular weight excluding hydrogens is 883 g/mol. The van der Waals surface area contributed by atoms with Crippen molar-refractivity contribution >= 4 is 66.4 Å². The summed E-state index contributed by atoms with van der Waals surface area (Å²) in [5.74, 6) is -0.663. The third kappa shape index (κ3) is 7.73. The number of nitrogens with zero attached hydrogens (tertiary/aromatic N) is 2. The van der Waals surface area contributed by atoms with E-state index in [2.05, 4.69) is 159 Å². The van der Waals surface area contributed by atoms with Gasteiger partial charge in [-0.1, -0.05) is 193 Å². The summed E-state index contributed by atoms with van der Waals surface area (Å²) in [5.41, 5.74) is 15.5. The van der Waals surface area contributed by atoms with Gasteiger partial charge in [0.25, 0.3) is 0 Å². The molecule has 0 spiro atoms. The third-order valence-electron chi connectivity index (χ3n) is 14.2. The number of aryl methyl sites for hydroxylation is 4. The van der Waals surface area contributed by atoms with Gasteiger partial charge in [-0.2, -0.15) is 0 Å². The van der Waals surface area contributed by atoms with Gasteiger partial charge in [0.1, 0.15) is 11.6 Å². The first-order chi connectivity index (χ1) is 35.2. The Kier molecular flexibility index (Phi) is 11.2. The molecule has 0 radical (unpaired) electrons. The predicted octanol–water partition coefficient (Wildman–Crippen LogP) is 19.7. The van der Waals surface area contributed by atoms with Gasteiger partial charge < -0.3 is 9.80 Å². The summed E-state index contributed by atoms with van der Waals surface area (Å²) in [6, 6.07) is 78.0. The number of anilines is 6. The Balaban J connectivity index is 1.14. The first-order valence-corrected chi connectivity index (χ1v) is 24.5. The number of hydrogen-bond donors (Lipinski definition) is 0. The van der Waals surface area contributed by atoms with E-state index in [1.54, 1.807) is 12.1 Å². The summed E-state index contributed by atoms with van der Waals surface area (Å²) in [4.78, 5) is 4.26. The van der Waals surface area contributed by atoms with E-state index in [1.165, 1.54) is 0 Å². The second kappa shape index (κ2) is 18.1. The molecule has 0 unspecified atom stereocenters. The van der Waals surface area contributed by atoms with Crippen molar-refractivity contribution in [2.75, 3.05) is 9.80 Å². The molecule has 12 aromatic rings. The van der Waals surface area contributed by atoms with E-state index < -0.39 is 0 Å². The van der Waals surface area contributed by atoms with Crippen LogP contribution in [0, 0.1) is 39.3 Å².